The average molecular weight is 204 g/mol. The van der Waals surface area contributed by atoms with Crippen LogP contribution in [0.25, 0.3) is 0 Å². The van der Waals surface area contributed by atoms with Crippen molar-refractivity contribution in [1.29, 1.82) is 0 Å². The minimum Gasteiger partial charge on any atom is -0.329 e. The molecule has 2 heteroatoms. The molecule has 1 heterocycles. The largest absolute Gasteiger partial charge is 0.329 e. The third-order valence-electron chi connectivity index (χ3n) is 3.27. The third kappa shape index (κ3) is 2.58. The van der Waals surface area contributed by atoms with E-state index in [4.69, 9.17) is 5.73 Å². The summed E-state index contributed by atoms with van der Waals surface area (Å²) in [7, 11) is 0. The summed E-state index contributed by atoms with van der Waals surface area (Å²) < 4.78 is 0. The fraction of sp³-hybridized carbons (Fsp3) is 0.538. The van der Waals surface area contributed by atoms with Gasteiger partial charge in [0.15, 0.2) is 0 Å². The van der Waals surface area contributed by atoms with Crippen LogP contribution in [0.1, 0.15) is 17.5 Å². The molecular formula is C13H20N2. The minimum atomic E-state index is 0.543. The zero-order valence-corrected chi connectivity index (χ0v) is 9.45. The molecule has 0 aliphatic carbocycles. The van der Waals surface area contributed by atoms with Crippen molar-refractivity contribution in [3.05, 3.63) is 35.4 Å². The second kappa shape index (κ2) is 4.77. The lowest BCUT2D eigenvalue weighted by Gasteiger charge is -2.38. The Hall–Kier alpha value is -0.860. The summed E-state index contributed by atoms with van der Waals surface area (Å²) in [4.78, 5) is 2.49. The monoisotopic (exact) mass is 204 g/mol. The van der Waals surface area contributed by atoms with Crippen molar-refractivity contribution < 1.29 is 0 Å². The Kier molecular flexibility index (Phi) is 3.39. The van der Waals surface area contributed by atoms with Gasteiger partial charge < -0.3 is 5.73 Å². The SMILES string of the molecule is Cc1ccc(CC(CN)N2CCC2)cc1. The molecule has 1 unspecified atom stereocenters. The van der Waals surface area contributed by atoms with E-state index in [0.717, 1.165) is 13.0 Å². The molecule has 2 nitrogen and oxygen atoms in total. The molecule has 82 valence electrons. The molecule has 0 spiro atoms. The zero-order chi connectivity index (χ0) is 10.7. The second-order valence-electron chi connectivity index (χ2n) is 4.47. The van der Waals surface area contributed by atoms with Crippen LogP contribution in [0.3, 0.4) is 0 Å². The highest BCUT2D eigenvalue weighted by Crippen LogP contribution is 2.15. The first-order valence-electron chi connectivity index (χ1n) is 5.79. The van der Waals surface area contributed by atoms with Gasteiger partial charge in [-0.3, -0.25) is 4.90 Å². The smallest absolute Gasteiger partial charge is 0.0258 e. The molecule has 15 heavy (non-hydrogen) atoms. The Balaban J connectivity index is 1.96. The van der Waals surface area contributed by atoms with Crippen molar-refractivity contribution in [2.24, 2.45) is 5.73 Å². The lowest BCUT2D eigenvalue weighted by molar-refractivity contribution is 0.121. The van der Waals surface area contributed by atoms with Gasteiger partial charge in [0, 0.05) is 12.6 Å². The van der Waals surface area contributed by atoms with Crippen LogP contribution in [0.2, 0.25) is 0 Å². The van der Waals surface area contributed by atoms with E-state index in [1.807, 2.05) is 0 Å². The van der Waals surface area contributed by atoms with Crippen molar-refractivity contribution >= 4 is 0 Å². The van der Waals surface area contributed by atoms with Crippen molar-refractivity contribution in [2.45, 2.75) is 25.8 Å². The Morgan fingerprint density at radius 3 is 2.40 bits per heavy atom. The van der Waals surface area contributed by atoms with Crippen LogP contribution in [0.15, 0.2) is 24.3 Å². The molecule has 1 aliphatic rings. The summed E-state index contributed by atoms with van der Waals surface area (Å²) in [6.07, 6.45) is 2.43. The quantitative estimate of drug-likeness (QED) is 0.806. The fourth-order valence-electron chi connectivity index (χ4n) is 2.06. The number of nitrogens with zero attached hydrogens (tertiary/aromatic N) is 1. The standard InChI is InChI=1S/C13H20N2/c1-11-3-5-12(6-4-11)9-13(10-14)15-7-2-8-15/h3-6,13H,2,7-10,14H2,1H3. The minimum absolute atomic E-state index is 0.543. The molecule has 1 aliphatic heterocycles. The van der Waals surface area contributed by atoms with Crippen LogP contribution in [0.5, 0.6) is 0 Å². The summed E-state index contributed by atoms with van der Waals surface area (Å²) in [5.74, 6) is 0. The van der Waals surface area contributed by atoms with Crippen molar-refractivity contribution in [3.8, 4) is 0 Å². The van der Waals surface area contributed by atoms with E-state index in [1.54, 1.807) is 0 Å². The van der Waals surface area contributed by atoms with Gasteiger partial charge in [0.2, 0.25) is 0 Å². The molecule has 2 N–H and O–H groups in total. The first kappa shape index (κ1) is 10.7. The Morgan fingerprint density at radius 1 is 1.27 bits per heavy atom. The van der Waals surface area contributed by atoms with Crippen LogP contribution < -0.4 is 5.73 Å². The molecule has 0 saturated carbocycles. The van der Waals surface area contributed by atoms with Crippen molar-refractivity contribution in [1.82, 2.24) is 4.90 Å². The van der Waals surface area contributed by atoms with Crippen LogP contribution >= 0.6 is 0 Å². The van der Waals surface area contributed by atoms with Gasteiger partial charge in [-0.1, -0.05) is 29.8 Å². The van der Waals surface area contributed by atoms with Crippen LogP contribution in [0, 0.1) is 6.92 Å². The maximum Gasteiger partial charge on any atom is 0.0258 e. The number of hydrogen-bond donors (Lipinski definition) is 1. The normalized spacial score (nSPS) is 18.5. The third-order valence-corrected chi connectivity index (χ3v) is 3.27. The highest BCUT2D eigenvalue weighted by atomic mass is 15.2. The van der Waals surface area contributed by atoms with Gasteiger partial charge in [-0.15, -0.1) is 0 Å². The molecule has 0 bridgehead atoms. The Bertz CT molecular complexity index is 301. The highest BCUT2D eigenvalue weighted by molar-refractivity contribution is 5.22. The van der Waals surface area contributed by atoms with Crippen LogP contribution in [-0.2, 0) is 6.42 Å². The lowest BCUT2D eigenvalue weighted by Crippen LogP contribution is -2.49. The van der Waals surface area contributed by atoms with E-state index in [2.05, 4.69) is 36.1 Å². The Labute approximate surface area is 92.1 Å². The van der Waals surface area contributed by atoms with Gasteiger partial charge in [-0.25, -0.2) is 0 Å². The summed E-state index contributed by atoms with van der Waals surface area (Å²) >= 11 is 0. The predicted octanol–water partition coefficient (Wildman–Crippen LogP) is 1.57. The molecule has 0 radical (unpaired) electrons. The highest BCUT2D eigenvalue weighted by Gasteiger charge is 2.22. The van der Waals surface area contributed by atoms with Crippen molar-refractivity contribution in [3.63, 3.8) is 0 Å². The summed E-state index contributed by atoms with van der Waals surface area (Å²) in [6, 6.07) is 9.34. The second-order valence-corrected chi connectivity index (χ2v) is 4.47. The number of likely N-dealkylation sites (tertiary alicyclic amines) is 1. The number of benzene rings is 1. The fourth-order valence-corrected chi connectivity index (χ4v) is 2.06. The molecule has 0 amide bonds. The van der Waals surface area contributed by atoms with E-state index in [9.17, 15) is 0 Å². The predicted molar refractivity (Wildman–Crippen MR) is 63.9 cm³/mol. The molecular weight excluding hydrogens is 184 g/mol. The first-order valence-corrected chi connectivity index (χ1v) is 5.79. The maximum atomic E-state index is 5.82. The average Bonchev–Trinajstić information content (AvgIpc) is 2.17. The first-order chi connectivity index (χ1) is 7.29. The van der Waals surface area contributed by atoms with Gasteiger partial charge in [0.05, 0.1) is 0 Å². The molecule has 2 rings (SSSR count). The van der Waals surface area contributed by atoms with E-state index in [0.29, 0.717) is 6.04 Å². The van der Waals surface area contributed by atoms with Gasteiger partial charge in [0.1, 0.15) is 0 Å². The van der Waals surface area contributed by atoms with Gasteiger partial charge in [-0.05, 0) is 38.4 Å². The van der Waals surface area contributed by atoms with E-state index < -0.39 is 0 Å². The lowest BCUT2D eigenvalue weighted by atomic mass is 10.0. The van der Waals surface area contributed by atoms with Crippen LogP contribution in [-0.4, -0.2) is 30.6 Å². The van der Waals surface area contributed by atoms with Gasteiger partial charge >= 0.3 is 0 Å². The topological polar surface area (TPSA) is 29.3 Å². The van der Waals surface area contributed by atoms with E-state index in [-0.39, 0.29) is 0 Å². The summed E-state index contributed by atoms with van der Waals surface area (Å²) in [5.41, 5.74) is 8.55. The van der Waals surface area contributed by atoms with Crippen LogP contribution in [0.4, 0.5) is 0 Å². The Morgan fingerprint density at radius 2 is 1.93 bits per heavy atom. The molecule has 1 aromatic carbocycles. The molecule has 1 saturated heterocycles. The molecule has 1 atom stereocenters. The van der Waals surface area contributed by atoms with Gasteiger partial charge in [0.25, 0.3) is 0 Å². The molecule has 1 fully saturated rings. The summed E-state index contributed by atoms with van der Waals surface area (Å²) in [6.45, 7) is 5.36. The number of nitrogens with two attached hydrogens (primary N) is 1. The van der Waals surface area contributed by atoms with Crippen molar-refractivity contribution in [2.75, 3.05) is 19.6 Å². The number of rotatable bonds is 4. The molecule has 0 aromatic heterocycles. The number of hydrogen-bond acceptors (Lipinski definition) is 2. The maximum absolute atomic E-state index is 5.82. The summed E-state index contributed by atoms with van der Waals surface area (Å²) in [5, 5.41) is 0. The van der Waals surface area contributed by atoms with E-state index >= 15 is 0 Å². The molecule has 1 aromatic rings. The number of aryl methyl sites for hydroxylation is 1. The van der Waals surface area contributed by atoms with E-state index in [1.165, 1.54) is 30.6 Å². The van der Waals surface area contributed by atoms with Gasteiger partial charge in [-0.2, -0.15) is 0 Å². The zero-order valence-electron chi connectivity index (χ0n) is 9.45.